The number of fused-ring (bicyclic) bond motifs is 5. The molecule has 2 nitrogen and oxygen atoms in total. The minimum absolute atomic E-state index is 0.0659. The lowest BCUT2D eigenvalue weighted by Crippen LogP contribution is -2.51. The maximum atomic E-state index is 12.4. The minimum Gasteiger partial charge on any atom is -0.299 e. The Hall–Kier alpha value is -0.630. The van der Waals surface area contributed by atoms with Gasteiger partial charge in [-0.25, -0.2) is 0 Å². The number of Topliss-reactive ketones (excluding diaryl/α,β-unsaturated/α-hetero) is 1. The van der Waals surface area contributed by atoms with E-state index in [9.17, 15) is 9.59 Å². The average molecular weight is 321 g/mol. The Kier molecular flexibility index (Phi) is 3.18. The molecule has 3 saturated carbocycles. The van der Waals surface area contributed by atoms with Crippen LogP contribution in [0.4, 0.5) is 0 Å². The molecule has 0 heterocycles. The molecule has 0 saturated heterocycles. The Labute approximate surface area is 137 Å². The van der Waals surface area contributed by atoms with E-state index in [2.05, 4.69) is 13.8 Å². The number of rotatable bonds is 0. The van der Waals surface area contributed by atoms with E-state index in [1.807, 2.05) is 6.08 Å². The smallest absolute Gasteiger partial charge is 0.173 e. The van der Waals surface area contributed by atoms with Crippen molar-refractivity contribution >= 4 is 23.2 Å². The predicted molar refractivity (Wildman–Crippen MR) is 86.7 cm³/mol. The second kappa shape index (κ2) is 4.69. The lowest BCUT2D eigenvalue weighted by atomic mass is 9.47. The molecule has 0 amide bonds. The summed E-state index contributed by atoms with van der Waals surface area (Å²) in [6.07, 6.45) is 8.82. The Balaban J connectivity index is 1.71. The number of ketones is 2. The summed E-state index contributed by atoms with van der Waals surface area (Å²) < 4.78 is 0. The fourth-order valence-corrected chi connectivity index (χ4v) is 6.74. The summed E-state index contributed by atoms with van der Waals surface area (Å²) in [7, 11) is 0. The summed E-state index contributed by atoms with van der Waals surface area (Å²) >= 11 is 6.32. The fourth-order valence-electron chi connectivity index (χ4n) is 6.35. The van der Waals surface area contributed by atoms with Gasteiger partial charge in [0, 0.05) is 11.8 Å². The maximum Gasteiger partial charge on any atom is 0.173 e. The van der Waals surface area contributed by atoms with Crippen molar-refractivity contribution in [2.45, 2.75) is 64.2 Å². The first kappa shape index (κ1) is 14.9. The van der Waals surface area contributed by atoms with E-state index in [1.54, 1.807) is 0 Å². The molecular weight excluding hydrogens is 296 g/mol. The molecule has 120 valence electrons. The fraction of sp³-hybridized carbons (Fsp3) is 0.789. The van der Waals surface area contributed by atoms with Crippen LogP contribution in [-0.4, -0.2) is 16.9 Å². The first-order valence-corrected chi connectivity index (χ1v) is 9.22. The van der Waals surface area contributed by atoms with E-state index in [-0.39, 0.29) is 22.0 Å². The third kappa shape index (κ3) is 1.79. The number of carbonyl (C=O) groups is 2. The molecule has 0 aromatic rings. The van der Waals surface area contributed by atoms with Crippen molar-refractivity contribution in [1.82, 2.24) is 0 Å². The Morgan fingerprint density at radius 1 is 1.05 bits per heavy atom. The molecule has 0 aliphatic heterocycles. The van der Waals surface area contributed by atoms with Gasteiger partial charge in [-0.05, 0) is 67.8 Å². The number of alkyl halides is 1. The van der Waals surface area contributed by atoms with Crippen LogP contribution in [0.1, 0.15) is 58.8 Å². The van der Waals surface area contributed by atoms with Gasteiger partial charge in [0.25, 0.3) is 0 Å². The van der Waals surface area contributed by atoms with E-state index in [1.165, 1.54) is 5.57 Å². The van der Waals surface area contributed by atoms with Gasteiger partial charge in [-0.2, -0.15) is 0 Å². The highest BCUT2D eigenvalue weighted by molar-refractivity contribution is 6.33. The molecule has 22 heavy (non-hydrogen) atoms. The van der Waals surface area contributed by atoms with Crippen LogP contribution < -0.4 is 0 Å². The van der Waals surface area contributed by atoms with E-state index >= 15 is 0 Å². The highest BCUT2D eigenvalue weighted by Crippen LogP contribution is 2.64. The number of allylic oxidation sites excluding steroid dienone is 1. The molecule has 0 aromatic carbocycles. The van der Waals surface area contributed by atoms with Crippen molar-refractivity contribution in [3.8, 4) is 0 Å². The summed E-state index contributed by atoms with van der Waals surface area (Å²) in [5, 5.41) is -0.356. The second-order valence-corrected chi connectivity index (χ2v) is 9.02. The number of halogens is 1. The topological polar surface area (TPSA) is 34.1 Å². The Bertz CT molecular complexity index is 580. The van der Waals surface area contributed by atoms with E-state index in [0.29, 0.717) is 23.5 Å². The van der Waals surface area contributed by atoms with E-state index < -0.39 is 0 Å². The zero-order valence-electron chi connectivity index (χ0n) is 13.5. The molecule has 4 rings (SSSR count). The van der Waals surface area contributed by atoms with Crippen molar-refractivity contribution in [3.63, 3.8) is 0 Å². The normalized spacial score (nSPS) is 51.0. The molecule has 4 aliphatic rings. The van der Waals surface area contributed by atoms with Crippen molar-refractivity contribution in [2.75, 3.05) is 0 Å². The lowest BCUT2D eigenvalue weighted by Gasteiger charge is -2.57. The molecule has 0 bridgehead atoms. The van der Waals surface area contributed by atoms with Crippen LogP contribution in [0.2, 0.25) is 0 Å². The molecule has 0 unspecified atom stereocenters. The first-order chi connectivity index (χ1) is 10.4. The van der Waals surface area contributed by atoms with Gasteiger partial charge in [-0.1, -0.05) is 19.4 Å². The Morgan fingerprint density at radius 3 is 2.55 bits per heavy atom. The van der Waals surface area contributed by atoms with Crippen molar-refractivity contribution in [3.05, 3.63) is 11.6 Å². The first-order valence-electron chi connectivity index (χ1n) is 8.78. The SMILES string of the molecule is C[C@]12C[C@H](Cl)C(=O)C=C1CC[C@@H]1[C@@H]2CC[C@]2(C)C(=O)CC[C@@H]12. The van der Waals surface area contributed by atoms with Gasteiger partial charge in [0.05, 0.1) is 5.38 Å². The van der Waals surface area contributed by atoms with Gasteiger partial charge in [0.2, 0.25) is 0 Å². The average Bonchev–Trinajstić information content (AvgIpc) is 2.77. The molecular formula is C19H25ClO2. The van der Waals surface area contributed by atoms with E-state index in [0.717, 1.165) is 44.9 Å². The summed E-state index contributed by atoms with van der Waals surface area (Å²) in [5.41, 5.74) is 1.35. The third-order valence-electron chi connectivity index (χ3n) is 7.67. The van der Waals surface area contributed by atoms with Crippen LogP contribution in [0.5, 0.6) is 0 Å². The molecule has 6 atom stereocenters. The molecule has 4 aliphatic carbocycles. The highest BCUT2D eigenvalue weighted by Gasteiger charge is 2.59. The summed E-state index contributed by atoms with van der Waals surface area (Å²) in [4.78, 5) is 24.4. The van der Waals surface area contributed by atoms with Crippen LogP contribution in [-0.2, 0) is 9.59 Å². The zero-order valence-corrected chi connectivity index (χ0v) is 14.3. The van der Waals surface area contributed by atoms with Crippen molar-refractivity contribution < 1.29 is 9.59 Å². The quantitative estimate of drug-likeness (QED) is 0.623. The highest BCUT2D eigenvalue weighted by atomic mass is 35.5. The molecule has 0 radical (unpaired) electrons. The molecule has 0 N–H and O–H groups in total. The third-order valence-corrected chi connectivity index (χ3v) is 8.04. The van der Waals surface area contributed by atoms with Gasteiger partial charge in [0.15, 0.2) is 5.78 Å². The van der Waals surface area contributed by atoms with Crippen LogP contribution in [0.3, 0.4) is 0 Å². The van der Waals surface area contributed by atoms with Gasteiger partial charge < -0.3 is 0 Å². The molecule has 0 aromatic heterocycles. The van der Waals surface area contributed by atoms with E-state index in [4.69, 9.17) is 11.6 Å². The second-order valence-electron chi connectivity index (χ2n) is 8.49. The van der Waals surface area contributed by atoms with Crippen molar-refractivity contribution in [2.24, 2.45) is 28.6 Å². The summed E-state index contributed by atoms with van der Waals surface area (Å²) in [5.74, 6) is 2.40. The van der Waals surface area contributed by atoms with Gasteiger partial charge in [-0.15, -0.1) is 11.6 Å². The monoisotopic (exact) mass is 320 g/mol. The number of carbonyl (C=O) groups excluding carboxylic acids is 2. The van der Waals surface area contributed by atoms with Gasteiger partial charge >= 0.3 is 0 Å². The standard InChI is InChI=1S/C19H25ClO2/c1-18-8-7-14-12(13(18)5-6-17(18)22)4-3-11-9-16(21)15(20)10-19(11,14)2/h9,12-15H,3-8,10H2,1-2H3/t12-,13-,14-,15-,18-,19-/m0/s1. The Morgan fingerprint density at radius 2 is 1.77 bits per heavy atom. The molecule has 3 heteroatoms. The number of hydrogen-bond acceptors (Lipinski definition) is 2. The van der Waals surface area contributed by atoms with Gasteiger partial charge in [0.1, 0.15) is 5.78 Å². The van der Waals surface area contributed by atoms with Gasteiger partial charge in [-0.3, -0.25) is 9.59 Å². The minimum atomic E-state index is -0.356. The van der Waals surface area contributed by atoms with Crippen LogP contribution >= 0.6 is 11.6 Å². The zero-order chi connectivity index (χ0) is 15.7. The van der Waals surface area contributed by atoms with Crippen LogP contribution in [0.25, 0.3) is 0 Å². The molecule has 3 fully saturated rings. The van der Waals surface area contributed by atoms with Crippen molar-refractivity contribution in [1.29, 1.82) is 0 Å². The largest absolute Gasteiger partial charge is 0.299 e. The van der Waals surface area contributed by atoms with Crippen LogP contribution in [0, 0.1) is 28.6 Å². The summed E-state index contributed by atoms with van der Waals surface area (Å²) in [6.45, 7) is 4.54. The number of hydrogen-bond donors (Lipinski definition) is 0. The lowest BCUT2D eigenvalue weighted by molar-refractivity contribution is -0.132. The molecule has 0 spiro atoms. The van der Waals surface area contributed by atoms with Crippen LogP contribution in [0.15, 0.2) is 11.6 Å². The summed E-state index contributed by atoms with van der Waals surface area (Å²) in [6, 6.07) is 0. The predicted octanol–water partition coefficient (Wildman–Crippen LogP) is 4.30. The maximum absolute atomic E-state index is 12.4.